The first-order valence-electron chi connectivity index (χ1n) is 4.78. The van der Waals surface area contributed by atoms with E-state index in [9.17, 15) is 0 Å². The fraction of sp³-hybridized carbons (Fsp3) is 0.545. The summed E-state index contributed by atoms with van der Waals surface area (Å²) in [6, 6.07) is 0.451. The van der Waals surface area contributed by atoms with Crippen LogP contribution in [0.4, 0.5) is 0 Å². The van der Waals surface area contributed by atoms with Crippen LogP contribution in [0.25, 0.3) is 0 Å². The lowest BCUT2D eigenvalue weighted by molar-refractivity contribution is 0.523. The van der Waals surface area contributed by atoms with Crippen LogP contribution >= 0.6 is 11.3 Å². The van der Waals surface area contributed by atoms with E-state index in [1.165, 1.54) is 5.69 Å². The largest absolute Gasteiger partial charge is 0.317 e. The van der Waals surface area contributed by atoms with Crippen molar-refractivity contribution in [2.45, 2.75) is 32.2 Å². The van der Waals surface area contributed by atoms with E-state index in [1.54, 1.807) is 11.3 Å². The van der Waals surface area contributed by atoms with Crippen molar-refractivity contribution >= 4 is 11.3 Å². The first-order valence-corrected chi connectivity index (χ1v) is 5.66. The zero-order valence-electron chi connectivity index (χ0n) is 8.71. The molecular formula is C11H16N2S. The predicted octanol–water partition coefficient (Wildman–Crippen LogP) is 2.00. The summed E-state index contributed by atoms with van der Waals surface area (Å²) in [6.07, 6.45) is 8.06. The van der Waals surface area contributed by atoms with Gasteiger partial charge >= 0.3 is 0 Å². The van der Waals surface area contributed by atoms with Crippen molar-refractivity contribution in [1.82, 2.24) is 10.3 Å². The molecule has 3 heteroatoms. The summed E-state index contributed by atoms with van der Waals surface area (Å²) in [4.78, 5) is 4.43. The Morgan fingerprint density at radius 1 is 1.71 bits per heavy atom. The van der Waals surface area contributed by atoms with Crippen LogP contribution in [0.2, 0.25) is 0 Å². The second kappa shape index (κ2) is 5.79. The number of thiazole rings is 1. The summed E-state index contributed by atoms with van der Waals surface area (Å²) < 4.78 is 0. The Kier molecular flexibility index (Phi) is 4.64. The molecule has 0 aliphatic rings. The molecule has 1 rings (SSSR count). The van der Waals surface area contributed by atoms with Gasteiger partial charge in [0, 0.05) is 24.3 Å². The maximum Gasteiger partial charge on any atom is 0.0897 e. The van der Waals surface area contributed by atoms with Crippen LogP contribution in [0.5, 0.6) is 0 Å². The van der Waals surface area contributed by atoms with E-state index in [0.717, 1.165) is 24.3 Å². The highest BCUT2D eigenvalue weighted by Gasteiger charge is 2.08. The van der Waals surface area contributed by atoms with Crippen LogP contribution in [0.15, 0.2) is 5.38 Å². The number of nitrogens with zero attached hydrogens (tertiary/aromatic N) is 1. The monoisotopic (exact) mass is 208 g/mol. The second-order valence-corrected chi connectivity index (χ2v) is 4.35. The Labute approximate surface area is 89.8 Å². The number of rotatable bonds is 5. The Bertz CT molecular complexity index is 311. The standard InChI is InChI=1S/C11H16N2S/c1-4-5-6-10(12-3)7-11-8-14-9(2)13-11/h1,8,10,12H,5-7H2,2-3H3. The highest BCUT2D eigenvalue weighted by molar-refractivity contribution is 7.09. The van der Waals surface area contributed by atoms with Crippen molar-refractivity contribution in [2.24, 2.45) is 0 Å². The van der Waals surface area contributed by atoms with Crippen LogP contribution in [-0.2, 0) is 6.42 Å². The first-order chi connectivity index (χ1) is 6.76. The van der Waals surface area contributed by atoms with E-state index in [2.05, 4.69) is 21.6 Å². The van der Waals surface area contributed by atoms with Crippen LogP contribution < -0.4 is 5.32 Å². The molecule has 1 aromatic rings. The molecule has 0 bridgehead atoms. The topological polar surface area (TPSA) is 24.9 Å². The van der Waals surface area contributed by atoms with Crippen LogP contribution in [-0.4, -0.2) is 18.1 Å². The number of hydrogen-bond donors (Lipinski definition) is 1. The fourth-order valence-electron chi connectivity index (χ4n) is 1.36. The van der Waals surface area contributed by atoms with Crippen molar-refractivity contribution in [1.29, 1.82) is 0 Å². The van der Waals surface area contributed by atoms with Gasteiger partial charge in [-0.2, -0.15) is 0 Å². The minimum Gasteiger partial charge on any atom is -0.317 e. The predicted molar refractivity (Wildman–Crippen MR) is 61.5 cm³/mol. The van der Waals surface area contributed by atoms with E-state index in [4.69, 9.17) is 6.42 Å². The van der Waals surface area contributed by atoms with Gasteiger partial charge in [-0.05, 0) is 20.4 Å². The molecule has 0 amide bonds. The molecule has 14 heavy (non-hydrogen) atoms. The lowest BCUT2D eigenvalue weighted by atomic mass is 10.1. The minimum atomic E-state index is 0.451. The van der Waals surface area contributed by atoms with Gasteiger partial charge in [0.05, 0.1) is 10.7 Å². The molecule has 0 aromatic carbocycles. The molecule has 0 saturated heterocycles. The zero-order valence-corrected chi connectivity index (χ0v) is 9.53. The van der Waals surface area contributed by atoms with E-state index in [1.807, 2.05) is 14.0 Å². The maximum absolute atomic E-state index is 5.24. The smallest absolute Gasteiger partial charge is 0.0897 e. The van der Waals surface area contributed by atoms with Gasteiger partial charge in [0.15, 0.2) is 0 Å². The summed E-state index contributed by atoms with van der Waals surface area (Å²) in [5, 5.41) is 6.52. The lowest BCUT2D eigenvalue weighted by Crippen LogP contribution is -2.27. The molecule has 1 N–H and O–H groups in total. The van der Waals surface area contributed by atoms with Crippen molar-refractivity contribution in [2.75, 3.05) is 7.05 Å². The first kappa shape index (κ1) is 11.2. The number of aromatic nitrogens is 1. The molecule has 1 heterocycles. The Morgan fingerprint density at radius 3 is 3.00 bits per heavy atom. The second-order valence-electron chi connectivity index (χ2n) is 3.29. The fourth-order valence-corrected chi connectivity index (χ4v) is 1.99. The van der Waals surface area contributed by atoms with Crippen molar-refractivity contribution in [3.05, 3.63) is 16.1 Å². The van der Waals surface area contributed by atoms with Gasteiger partial charge in [-0.15, -0.1) is 23.7 Å². The van der Waals surface area contributed by atoms with Gasteiger partial charge in [0.2, 0.25) is 0 Å². The number of nitrogens with one attached hydrogen (secondary N) is 1. The molecule has 0 spiro atoms. The zero-order chi connectivity index (χ0) is 10.4. The minimum absolute atomic E-state index is 0.451. The quantitative estimate of drug-likeness (QED) is 0.749. The van der Waals surface area contributed by atoms with E-state index in [0.29, 0.717) is 6.04 Å². The third-order valence-electron chi connectivity index (χ3n) is 2.17. The lowest BCUT2D eigenvalue weighted by Gasteiger charge is -2.12. The number of hydrogen-bond acceptors (Lipinski definition) is 3. The number of terminal acetylenes is 1. The maximum atomic E-state index is 5.24. The molecule has 1 aromatic heterocycles. The average molecular weight is 208 g/mol. The third-order valence-corrected chi connectivity index (χ3v) is 2.99. The van der Waals surface area contributed by atoms with Crippen LogP contribution in [0, 0.1) is 19.3 Å². The Morgan fingerprint density at radius 2 is 2.50 bits per heavy atom. The Hall–Kier alpha value is -0.850. The van der Waals surface area contributed by atoms with Gasteiger partial charge in [0.25, 0.3) is 0 Å². The molecule has 1 atom stereocenters. The van der Waals surface area contributed by atoms with Crippen LogP contribution in [0.1, 0.15) is 23.5 Å². The van der Waals surface area contributed by atoms with Gasteiger partial charge in [-0.3, -0.25) is 0 Å². The van der Waals surface area contributed by atoms with Crippen molar-refractivity contribution < 1.29 is 0 Å². The van der Waals surface area contributed by atoms with Crippen LogP contribution in [0.3, 0.4) is 0 Å². The van der Waals surface area contributed by atoms with E-state index >= 15 is 0 Å². The summed E-state index contributed by atoms with van der Waals surface area (Å²) in [7, 11) is 1.97. The Balaban J connectivity index is 2.44. The summed E-state index contributed by atoms with van der Waals surface area (Å²) in [5.74, 6) is 2.67. The summed E-state index contributed by atoms with van der Waals surface area (Å²) >= 11 is 1.70. The van der Waals surface area contributed by atoms with Gasteiger partial charge in [-0.25, -0.2) is 4.98 Å². The SMILES string of the molecule is C#CCCC(Cc1csc(C)n1)NC. The molecule has 0 aliphatic heterocycles. The van der Waals surface area contributed by atoms with E-state index < -0.39 is 0 Å². The molecule has 76 valence electrons. The average Bonchev–Trinajstić information content (AvgIpc) is 2.58. The molecule has 0 aliphatic carbocycles. The van der Waals surface area contributed by atoms with Gasteiger partial charge < -0.3 is 5.32 Å². The number of aryl methyl sites for hydroxylation is 1. The molecule has 1 unspecified atom stereocenters. The number of likely N-dealkylation sites (N-methyl/N-ethyl adjacent to an activating group) is 1. The molecular weight excluding hydrogens is 192 g/mol. The van der Waals surface area contributed by atoms with Crippen molar-refractivity contribution in [3.63, 3.8) is 0 Å². The molecule has 0 saturated carbocycles. The van der Waals surface area contributed by atoms with Gasteiger partial charge in [-0.1, -0.05) is 0 Å². The van der Waals surface area contributed by atoms with E-state index in [-0.39, 0.29) is 0 Å². The summed E-state index contributed by atoms with van der Waals surface area (Å²) in [6.45, 7) is 2.03. The van der Waals surface area contributed by atoms with Crippen molar-refractivity contribution in [3.8, 4) is 12.3 Å². The van der Waals surface area contributed by atoms with Gasteiger partial charge in [0.1, 0.15) is 0 Å². The highest BCUT2D eigenvalue weighted by atomic mass is 32.1. The molecule has 0 fully saturated rings. The summed E-state index contributed by atoms with van der Waals surface area (Å²) in [5.41, 5.74) is 1.17. The normalized spacial score (nSPS) is 12.4. The highest BCUT2D eigenvalue weighted by Crippen LogP contribution is 2.11. The molecule has 2 nitrogen and oxygen atoms in total. The third kappa shape index (κ3) is 3.49. The molecule has 0 radical (unpaired) electrons.